The monoisotopic (exact) mass is 263 g/mol. The Morgan fingerprint density at radius 1 is 1.22 bits per heavy atom. The highest BCUT2D eigenvalue weighted by molar-refractivity contribution is 7.13. The third kappa shape index (κ3) is 2.22. The summed E-state index contributed by atoms with van der Waals surface area (Å²) in [6.07, 6.45) is 3.69. The Balaban J connectivity index is 1.82. The highest BCUT2D eigenvalue weighted by Crippen LogP contribution is 2.26. The zero-order valence-electron chi connectivity index (χ0n) is 10.2. The van der Waals surface area contributed by atoms with Gasteiger partial charge in [-0.05, 0) is 43.7 Å². The standard InChI is InChI=1S/C14H17NO2S/c16-11-7-5-10(6-8-11)9-15-14(17)12-3-1-2-4-13(12)18-15/h1-4,10-11,16H,5-9H2. The van der Waals surface area contributed by atoms with Gasteiger partial charge >= 0.3 is 0 Å². The number of aliphatic hydroxyl groups is 1. The molecule has 0 amide bonds. The van der Waals surface area contributed by atoms with Gasteiger partial charge in [0.25, 0.3) is 5.56 Å². The van der Waals surface area contributed by atoms with Crippen molar-refractivity contribution in [2.75, 3.05) is 0 Å². The number of aromatic nitrogens is 1. The summed E-state index contributed by atoms with van der Waals surface area (Å²) in [5, 5.41) is 10.3. The van der Waals surface area contributed by atoms with E-state index < -0.39 is 0 Å². The summed E-state index contributed by atoms with van der Waals surface area (Å²) in [5.74, 6) is 0.541. The van der Waals surface area contributed by atoms with Crippen LogP contribution in [0.4, 0.5) is 0 Å². The van der Waals surface area contributed by atoms with Gasteiger partial charge in [-0.15, -0.1) is 0 Å². The van der Waals surface area contributed by atoms with Crippen molar-refractivity contribution in [1.82, 2.24) is 3.96 Å². The summed E-state index contributed by atoms with van der Waals surface area (Å²) in [5.41, 5.74) is 0.140. The molecule has 1 aromatic carbocycles. The van der Waals surface area contributed by atoms with Gasteiger partial charge in [0.05, 0.1) is 16.2 Å². The molecule has 1 N–H and O–H groups in total. The van der Waals surface area contributed by atoms with Crippen molar-refractivity contribution in [1.29, 1.82) is 0 Å². The molecule has 3 rings (SSSR count). The summed E-state index contributed by atoms with van der Waals surface area (Å²) in [6.45, 7) is 0.810. The van der Waals surface area contributed by atoms with Crippen molar-refractivity contribution < 1.29 is 5.11 Å². The second-order valence-electron chi connectivity index (χ2n) is 5.13. The largest absolute Gasteiger partial charge is 0.393 e. The Morgan fingerprint density at radius 2 is 1.94 bits per heavy atom. The maximum absolute atomic E-state index is 12.2. The second-order valence-corrected chi connectivity index (χ2v) is 6.19. The first kappa shape index (κ1) is 11.9. The van der Waals surface area contributed by atoms with Crippen LogP contribution in [-0.2, 0) is 6.54 Å². The van der Waals surface area contributed by atoms with Crippen LogP contribution < -0.4 is 5.56 Å². The number of aliphatic hydroxyl groups excluding tert-OH is 1. The molecule has 1 saturated carbocycles. The molecule has 18 heavy (non-hydrogen) atoms. The maximum Gasteiger partial charge on any atom is 0.268 e. The van der Waals surface area contributed by atoms with Gasteiger partial charge in [0.2, 0.25) is 0 Å². The Labute approximate surface area is 110 Å². The first-order chi connectivity index (χ1) is 8.74. The Morgan fingerprint density at radius 3 is 2.67 bits per heavy atom. The Kier molecular flexibility index (Phi) is 3.22. The summed E-state index contributed by atoms with van der Waals surface area (Å²) in [7, 11) is 0. The van der Waals surface area contributed by atoms with E-state index in [4.69, 9.17) is 0 Å². The summed E-state index contributed by atoms with van der Waals surface area (Å²) in [6, 6.07) is 7.79. The fourth-order valence-electron chi connectivity index (χ4n) is 2.70. The van der Waals surface area contributed by atoms with Crippen molar-refractivity contribution in [2.24, 2.45) is 5.92 Å². The number of hydrogen-bond acceptors (Lipinski definition) is 3. The van der Waals surface area contributed by atoms with Crippen molar-refractivity contribution in [3.63, 3.8) is 0 Å². The van der Waals surface area contributed by atoms with Crippen LogP contribution in [0.2, 0.25) is 0 Å². The van der Waals surface area contributed by atoms with Crippen LogP contribution in [0.5, 0.6) is 0 Å². The van der Waals surface area contributed by atoms with Crippen LogP contribution in [-0.4, -0.2) is 15.2 Å². The molecule has 0 radical (unpaired) electrons. The van der Waals surface area contributed by atoms with Gasteiger partial charge in [-0.1, -0.05) is 23.7 Å². The zero-order valence-corrected chi connectivity index (χ0v) is 11.0. The molecular formula is C14H17NO2S. The van der Waals surface area contributed by atoms with Gasteiger partial charge in [0.1, 0.15) is 0 Å². The molecule has 0 unspecified atom stereocenters. The zero-order chi connectivity index (χ0) is 12.5. The van der Waals surface area contributed by atoms with E-state index in [9.17, 15) is 9.90 Å². The molecule has 1 aromatic heterocycles. The molecule has 4 heteroatoms. The topological polar surface area (TPSA) is 42.2 Å². The van der Waals surface area contributed by atoms with Gasteiger partial charge in [0.15, 0.2) is 0 Å². The minimum Gasteiger partial charge on any atom is -0.393 e. The Bertz CT molecular complexity index is 593. The van der Waals surface area contributed by atoms with Gasteiger partial charge in [-0.3, -0.25) is 8.75 Å². The molecule has 1 aliphatic carbocycles. The SMILES string of the molecule is O=c1c2ccccc2sn1CC1CCC(O)CC1. The first-order valence-electron chi connectivity index (χ1n) is 6.51. The molecular weight excluding hydrogens is 246 g/mol. The van der Waals surface area contributed by atoms with Gasteiger partial charge in [0, 0.05) is 6.54 Å². The minimum atomic E-state index is -0.125. The molecule has 96 valence electrons. The lowest BCUT2D eigenvalue weighted by Gasteiger charge is -2.24. The lowest BCUT2D eigenvalue weighted by molar-refractivity contribution is 0.105. The Hall–Kier alpha value is -1.13. The minimum absolute atomic E-state index is 0.125. The molecule has 0 spiro atoms. The summed E-state index contributed by atoms with van der Waals surface area (Å²) in [4.78, 5) is 12.2. The van der Waals surface area contributed by atoms with Crippen molar-refractivity contribution in [3.8, 4) is 0 Å². The number of benzene rings is 1. The van der Waals surface area contributed by atoms with E-state index in [1.165, 1.54) is 0 Å². The quantitative estimate of drug-likeness (QED) is 0.905. The van der Waals surface area contributed by atoms with Crippen LogP contribution in [0.3, 0.4) is 0 Å². The molecule has 3 nitrogen and oxygen atoms in total. The number of rotatable bonds is 2. The molecule has 0 saturated heterocycles. The maximum atomic E-state index is 12.2. The van der Waals surface area contributed by atoms with Crippen molar-refractivity contribution in [3.05, 3.63) is 34.6 Å². The van der Waals surface area contributed by atoms with Gasteiger partial charge in [-0.25, -0.2) is 0 Å². The van der Waals surface area contributed by atoms with Crippen LogP contribution in [0, 0.1) is 5.92 Å². The number of nitrogens with zero attached hydrogens (tertiary/aromatic N) is 1. The van der Waals surface area contributed by atoms with E-state index in [0.29, 0.717) is 5.92 Å². The van der Waals surface area contributed by atoms with E-state index in [0.717, 1.165) is 42.3 Å². The number of fused-ring (bicyclic) bond motifs is 1. The highest BCUT2D eigenvalue weighted by atomic mass is 32.1. The predicted octanol–water partition coefficient (Wildman–Crippen LogP) is 2.61. The molecule has 1 heterocycles. The molecule has 0 atom stereocenters. The van der Waals surface area contributed by atoms with Crippen LogP contribution in [0.1, 0.15) is 25.7 Å². The fourth-order valence-corrected chi connectivity index (χ4v) is 3.80. The van der Waals surface area contributed by atoms with Crippen molar-refractivity contribution >= 4 is 21.6 Å². The number of hydrogen-bond donors (Lipinski definition) is 1. The first-order valence-corrected chi connectivity index (χ1v) is 7.28. The van der Waals surface area contributed by atoms with Gasteiger partial charge in [-0.2, -0.15) is 0 Å². The molecule has 0 aliphatic heterocycles. The van der Waals surface area contributed by atoms with E-state index in [1.807, 2.05) is 28.2 Å². The third-order valence-corrected chi connectivity index (χ3v) is 4.88. The molecule has 2 aromatic rings. The van der Waals surface area contributed by atoms with Gasteiger partial charge < -0.3 is 5.11 Å². The van der Waals surface area contributed by atoms with Crippen LogP contribution >= 0.6 is 11.5 Å². The predicted molar refractivity (Wildman–Crippen MR) is 74.0 cm³/mol. The van der Waals surface area contributed by atoms with Crippen molar-refractivity contribution in [2.45, 2.75) is 38.3 Å². The fraction of sp³-hybridized carbons (Fsp3) is 0.500. The van der Waals surface area contributed by atoms with E-state index in [1.54, 1.807) is 11.5 Å². The van der Waals surface area contributed by atoms with Crippen LogP contribution in [0.25, 0.3) is 10.1 Å². The highest BCUT2D eigenvalue weighted by Gasteiger charge is 2.20. The molecule has 1 fully saturated rings. The van der Waals surface area contributed by atoms with E-state index in [2.05, 4.69) is 0 Å². The molecule has 0 bridgehead atoms. The average molecular weight is 263 g/mol. The second kappa shape index (κ2) is 4.86. The van der Waals surface area contributed by atoms with E-state index in [-0.39, 0.29) is 11.7 Å². The average Bonchev–Trinajstić information content (AvgIpc) is 2.70. The smallest absolute Gasteiger partial charge is 0.268 e. The molecule has 1 aliphatic rings. The normalized spacial score (nSPS) is 24.5. The lowest BCUT2D eigenvalue weighted by Crippen LogP contribution is -2.24. The van der Waals surface area contributed by atoms with E-state index >= 15 is 0 Å². The summed E-state index contributed by atoms with van der Waals surface area (Å²) < 4.78 is 2.95. The van der Waals surface area contributed by atoms with Crippen LogP contribution in [0.15, 0.2) is 29.1 Å². The third-order valence-electron chi connectivity index (χ3n) is 3.79. The lowest BCUT2D eigenvalue weighted by atomic mass is 9.87. The summed E-state index contributed by atoms with van der Waals surface area (Å²) >= 11 is 1.56.